The summed E-state index contributed by atoms with van der Waals surface area (Å²) >= 11 is 1.08. The van der Waals surface area contributed by atoms with Gasteiger partial charge in [-0.25, -0.2) is 4.79 Å². The number of aliphatic hydroxyl groups is 3. The minimum absolute atomic E-state index is 0.165. The van der Waals surface area contributed by atoms with E-state index in [-0.39, 0.29) is 12.5 Å². The molecular formula is C15H23N2O8PS. The highest BCUT2D eigenvalue weighted by atomic mass is 32.2. The number of thioether (sulfide) groups is 1. The van der Waals surface area contributed by atoms with Crippen molar-refractivity contribution in [1.82, 2.24) is 5.32 Å². The minimum atomic E-state index is -4.28. The Kier molecular flexibility index (Phi) is 7.66. The maximum absolute atomic E-state index is 11.3. The number of anilines is 1. The number of rotatable bonds is 6. The average Bonchev–Trinajstić information content (AvgIpc) is 2.61. The van der Waals surface area contributed by atoms with E-state index in [4.69, 9.17) is 14.5 Å². The molecule has 1 aliphatic heterocycles. The van der Waals surface area contributed by atoms with Crippen LogP contribution in [0.3, 0.4) is 0 Å². The van der Waals surface area contributed by atoms with Gasteiger partial charge in [0.05, 0.1) is 12.3 Å². The summed E-state index contributed by atoms with van der Waals surface area (Å²) in [7, 11) is -2.79. The number of hydrogen-bond donors (Lipinski definition) is 7. The molecule has 1 aromatic carbocycles. The van der Waals surface area contributed by atoms with Crippen molar-refractivity contribution < 1.29 is 39.2 Å². The van der Waals surface area contributed by atoms with E-state index < -0.39 is 43.6 Å². The molecule has 1 heterocycles. The first-order chi connectivity index (χ1) is 12.6. The van der Waals surface area contributed by atoms with Crippen molar-refractivity contribution in [1.29, 1.82) is 0 Å². The van der Waals surface area contributed by atoms with Crippen molar-refractivity contribution in [3.05, 3.63) is 24.3 Å². The van der Waals surface area contributed by atoms with E-state index in [1.807, 2.05) is 0 Å². The van der Waals surface area contributed by atoms with E-state index in [9.17, 15) is 24.7 Å². The van der Waals surface area contributed by atoms with Gasteiger partial charge in [0.15, 0.2) is 0 Å². The second kappa shape index (κ2) is 9.35. The van der Waals surface area contributed by atoms with Crippen molar-refractivity contribution >= 4 is 31.1 Å². The van der Waals surface area contributed by atoms with Gasteiger partial charge in [0, 0.05) is 17.6 Å². The minimum Gasteiger partial charge on any atom is -0.388 e. The van der Waals surface area contributed by atoms with E-state index in [2.05, 4.69) is 10.6 Å². The van der Waals surface area contributed by atoms with Crippen molar-refractivity contribution in [2.45, 2.75) is 41.2 Å². The molecule has 2 amide bonds. The summed E-state index contributed by atoms with van der Waals surface area (Å²) in [6.45, 7) is 0. The molecule has 27 heavy (non-hydrogen) atoms. The van der Waals surface area contributed by atoms with Crippen LogP contribution < -0.4 is 10.6 Å². The highest BCUT2D eigenvalue weighted by Gasteiger charge is 2.44. The van der Waals surface area contributed by atoms with Gasteiger partial charge < -0.3 is 40.5 Å². The molecule has 10 nitrogen and oxygen atoms in total. The van der Waals surface area contributed by atoms with Gasteiger partial charge in [-0.1, -0.05) is 11.8 Å². The van der Waals surface area contributed by atoms with Gasteiger partial charge in [-0.3, -0.25) is 4.57 Å². The van der Waals surface area contributed by atoms with Gasteiger partial charge in [-0.15, -0.1) is 0 Å². The van der Waals surface area contributed by atoms with Gasteiger partial charge in [0.25, 0.3) is 0 Å². The predicted molar refractivity (Wildman–Crippen MR) is 98.6 cm³/mol. The summed E-state index contributed by atoms with van der Waals surface area (Å²) in [5.41, 5.74) is -0.387. The fraction of sp³-hybridized carbons (Fsp3) is 0.533. The highest BCUT2D eigenvalue weighted by Crippen LogP contribution is 2.39. The molecule has 1 aromatic rings. The molecule has 152 valence electrons. The molecular weight excluding hydrogens is 399 g/mol. The van der Waals surface area contributed by atoms with Crippen LogP contribution >= 0.6 is 19.4 Å². The Morgan fingerprint density at radius 1 is 1.15 bits per heavy atom. The largest absolute Gasteiger partial charge is 0.388 e. The molecule has 0 unspecified atom stereocenters. The zero-order chi connectivity index (χ0) is 20.2. The number of nitrogens with one attached hydrogen (secondary N) is 2. The highest BCUT2D eigenvalue weighted by molar-refractivity contribution is 7.99. The normalized spacial score (nSPS) is 28.6. The standard InChI is InChI=1S/C15H23N2O8PS/c1-16-15(21)17-8-2-4-9(5-3-8)27-14-13(20)12(19)11(18)10(25-14)6-7-26(22,23)24/h2-5,10-14,18-20H,6-7H2,1H3,(H2,16,17,21)(H2,22,23,24)/t10-,11-,12+,13+,14-/m1/s1. The number of carbonyl (C=O) groups excluding carboxylic acids is 1. The SMILES string of the molecule is CNC(=O)Nc1ccc(S[C@H]2O[C@H](CCP(=O)(O)O)[C@@H](O)[C@H](O)[C@@H]2O)cc1. The Hall–Kier alpha value is -1.17. The zero-order valence-corrected chi connectivity index (χ0v) is 16.1. The number of benzene rings is 1. The fourth-order valence-corrected chi connectivity index (χ4v) is 4.14. The van der Waals surface area contributed by atoms with Gasteiger partial charge >= 0.3 is 13.6 Å². The third-order valence-corrected chi connectivity index (χ3v) is 5.97. The van der Waals surface area contributed by atoms with Crippen molar-refractivity contribution in [2.75, 3.05) is 18.5 Å². The number of ether oxygens (including phenoxy) is 1. The lowest BCUT2D eigenvalue weighted by atomic mass is 9.98. The molecule has 0 bridgehead atoms. The van der Waals surface area contributed by atoms with Crippen LogP contribution in [0, 0.1) is 0 Å². The third kappa shape index (κ3) is 6.44. The van der Waals surface area contributed by atoms with Crippen molar-refractivity contribution in [3.8, 4) is 0 Å². The molecule has 12 heteroatoms. The molecule has 1 fully saturated rings. The summed E-state index contributed by atoms with van der Waals surface area (Å²) in [5, 5.41) is 35.2. The van der Waals surface area contributed by atoms with Crippen LogP contribution in [0.15, 0.2) is 29.2 Å². The lowest BCUT2D eigenvalue weighted by Crippen LogP contribution is -2.56. The molecule has 0 saturated carbocycles. The molecule has 7 N–H and O–H groups in total. The Balaban J connectivity index is 2.03. The smallest absolute Gasteiger partial charge is 0.325 e. The molecule has 1 aliphatic rings. The maximum Gasteiger partial charge on any atom is 0.325 e. The van der Waals surface area contributed by atoms with Crippen LogP contribution in [0.4, 0.5) is 10.5 Å². The zero-order valence-electron chi connectivity index (χ0n) is 14.4. The summed E-state index contributed by atoms with van der Waals surface area (Å²) in [4.78, 5) is 29.9. The van der Waals surface area contributed by atoms with E-state index in [0.717, 1.165) is 11.8 Å². The molecule has 5 atom stereocenters. The monoisotopic (exact) mass is 422 g/mol. The average molecular weight is 422 g/mol. The van der Waals surface area contributed by atoms with E-state index in [1.54, 1.807) is 24.3 Å². The first kappa shape index (κ1) is 22.1. The Labute approximate surface area is 160 Å². The lowest BCUT2D eigenvalue weighted by Gasteiger charge is -2.40. The van der Waals surface area contributed by atoms with Crippen LogP contribution in [-0.2, 0) is 9.30 Å². The number of urea groups is 1. The lowest BCUT2D eigenvalue weighted by molar-refractivity contribution is -0.197. The summed E-state index contributed by atoms with van der Waals surface area (Å²) < 4.78 is 16.6. The first-order valence-corrected chi connectivity index (χ1v) is 10.8. The Morgan fingerprint density at radius 2 is 1.78 bits per heavy atom. The Bertz CT molecular complexity index is 685. The van der Waals surface area contributed by atoms with Gasteiger partial charge in [-0.05, 0) is 30.7 Å². The van der Waals surface area contributed by atoms with Gasteiger partial charge in [0.1, 0.15) is 23.7 Å². The van der Waals surface area contributed by atoms with E-state index in [0.29, 0.717) is 10.6 Å². The third-order valence-electron chi connectivity index (χ3n) is 3.96. The topological polar surface area (TPSA) is 169 Å². The quantitative estimate of drug-likeness (QED) is 0.310. The fourth-order valence-electron chi connectivity index (χ4n) is 2.49. The van der Waals surface area contributed by atoms with E-state index in [1.165, 1.54) is 7.05 Å². The number of aliphatic hydroxyl groups excluding tert-OH is 3. The molecule has 1 saturated heterocycles. The van der Waals surface area contributed by atoms with Gasteiger partial charge in [-0.2, -0.15) is 0 Å². The summed E-state index contributed by atoms with van der Waals surface area (Å²) in [6.07, 6.45) is -6.05. The number of carbonyl (C=O) groups is 1. The van der Waals surface area contributed by atoms with Crippen LogP contribution in [-0.4, -0.2) is 74.2 Å². The van der Waals surface area contributed by atoms with E-state index >= 15 is 0 Å². The first-order valence-electron chi connectivity index (χ1n) is 8.10. The molecule has 0 radical (unpaired) electrons. The molecule has 0 spiro atoms. The van der Waals surface area contributed by atoms with Crippen LogP contribution in [0.1, 0.15) is 6.42 Å². The number of amides is 2. The molecule has 2 rings (SSSR count). The molecule has 0 aliphatic carbocycles. The Morgan fingerprint density at radius 3 is 2.33 bits per heavy atom. The number of hydrogen-bond acceptors (Lipinski definition) is 7. The van der Waals surface area contributed by atoms with Crippen LogP contribution in [0.2, 0.25) is 0 Å². The second-order valence-corrected chi connectivity index (χ2v) is 8.99. The van der Waals surface area contributed by atoms with Crippen LogP contribution in [0.5, 0.6) is 0 Å². The van der Waals surface area contributed by atoms with Gasteiger partial charge in [0.2, 0.25) is 0 Å². The molecule has 0 aromatic heterocycles. The van der Waals surface area contributed by atoms with Crippen molar-refractivity contribution in [2.24, 2.45) is 0 Å². The summed E-state index contributed by atoms with van der Waals surface area (Å²) in [6, 6.07) is 6.26. The van der Waals surface area contributed by atoms with Crippen molar-refractivity contribution in [3.63, 3.8) is 0 Å². The summed E-state index contributed by atoms with van der Waals surface area (Å²) in [5.74, 6) is 0. The predicted octanol–water partition coefficient (Wildman–Crippen LogP) is -0.0946. The maximum atomic E-state index is 11.3. The second-order valence-electron chi connectivity index (χ2n) is 6.04. The van der Waals surface area contributed by atoms with Crippen LogP contribution in [0.25, 0.3) is 0 Å².